The number of hydrogen-bond acceptors (Lipinski definition) is 6. The Balaban J connectivity index is 4.09. The molecule has 0 fully saturated rings. The van der Waals surface area contributed by atoms with Crippen LogP contribution in [0.3, 0.4) is 0 Å². The Hall–Kier alpha value is -3.15. The SMILES string of the molecule is CC/C=C\C/C=C\C/C=C\C/C=C\CCCCCCCCCCCCCCCCCCCCCCCCC(=O)OCC(COC(=O)CCCCCCC/C=C\C/C=C\CCC)OC(=O)CCCCCCCCCCCCCCCCCCC. The first-order chi connectivity index (χ1) is 41.0. The van der Waals surface area contributed by atoms with Gasteiger partial charge in [-0.3, -0.25) is 14.4 Å². The molecule has 0 aromatic rings. The van der Waals surface area contributed by atoms with Gasteiger partial charge in [-0.05, 0) is 83.5 Å². The van der Waals surface area contributed by atoms with Crippen LogP contribution in [0.15, 0.2) is 72.9 Å². The van der Waals surface area contributed by atoms with Crippen molar-refractivity contribution in [3.05, 3.63) is 72.9 Å². The van der Waals surface area contributed by atoms with Crippen molar-refractivity contribution in [3.63, 3.8) is 0 Å². The van der Waals surface area contributed by atoms with E-state index < -0.39 is 6.10 Å². The van der Waals surface area contributed by atoms with Crippen molar-refractivity contribution in [3.8, 4) is 0 Å². The Morgan fingerprint density at radius 3 is 0.783 bits per heavy atom. The summed E-state index contributed by atoms with van der Waals surface area (Å²) in [6.45, 7) is 6.51. The van der Waals surface area contributed by atoms with Crippen LogP contribution in [0, 0.1) is 0 Å². The van der Waals surface area contributed by atoms with Crippen molar-refractivity contribution in [2.24, 2.45) is 0 Å². The second-order valence-electron chi connectivity index (χ2n) is 24.5. The summed E-state index contributed by atoms with van der Waals surface area (Å²) in [6, 6.07) is 0. The molecular weight excluding hydrogens is 1020 g/mol. The lowest BCUT2D eigenvalue weighted by Gasteiger charge is -2.18. The highest BCUT2D eigenvalue weighted by molar-refractivity contribution is 5.71. The van der Waals surface area contributed by atoms with Crippen molar-refractivity contribution < 1.29 is 28.6 Å². The molecule has 0 aliphatic carbocycles. The van der Waals surface area contributed by atoms with Crippen LogP contribution in [-0.4, -0.2) is 37.2 Å². The summed E-state index contributed by atoms with van der Waals surface area (Å²) in [5, 5.41) is 0. The van der Waals surface area contributed by atoms with E-state index in [2.05, 4.69) is 93.7 Å². The minimum absolute atomic E-state index is 0.0732. The predicted molar refractivity (Wildman–Crippen MR) is 362 cm³/mol. The molecule has 83 heavy (non-hydrogen) atoms. The number of carbonyl (C=O) groups is 3. The summed E-state index contributed by atoms with van der Waals surface area (Å²) in [4.78, 5) is 38.4. The van der Waals surface area contributed by atoms with Crippen LogP contribution in [0.4, 0.5) is 0 Å². The van der Waals surface area contributed by atoms with Gasteiger partial charge < -0.3 is 14.2 Å². The van der Waals surface area contributed by atoms with Crippen molar-refractivity contribution in [2.75, 3.05) is 13.2 Å². The molecule has 0 aliphatic rings. The fraction of sp³-hybridized carbons (Fsp3) is 0.805. The van der Waals surface area contributed by atoms with Crippen molar-refractivity contribution in [2.45, 2.75) is 386 Å². The maximum absolute atomic E-state index is 12.9. The Labute approximate surface area is 516 Å². The molecule has 0 heterocycles. The summed E-state index contributed by atoms with van der Waals surface area (Å²) in [6.07, 6.45) is 93.8. The van der Waals surface area contributed by atoms with Gasteiger partial charge in [0.05, 0.1) is 0 Å². The lowest BCUT2D eigenvalue weighted by atomic mass is 10.0. The van der Waals surface area contributed by atoms with Gasteiger partial charge >= 0.3 is 17.9 Å². The second kappa shape index (κ2) is 71.3. The lowest BCUT2D eigenvalue weighted by Crippen LogP contribution is -2.30. The zero-order valence-corrected chi connectivity index (χ0v) is 55.5. The first kappa shape index (κ1) is 79.8. The van der Waals surface area contributed by atoms with Crippen molar-refractivity contribution in [1.29, 1.82) is 0 Å². The molecule has 0 radical (unpaired) electrons. The quantitative estimate of drug-likeness (QED) is 0.0261. The standard InChI is InChI=1S/C77H138O6/c1-4-7-10-13-16-19-22-25-27-29-30-31-32-33-34-35-36-37-38-39-40-41-42-43-44-45-46-48-49-52-55-58-61-64-67-70-76(79)82-73-74(72-81-75(78)69-66-63-60-57-54-51-24-21-18-15-12-9-6-3)83-77(80)71-68-65-62-59-56-53-50-47-28-26-23-20-17-14-11-8-5-2/h7,10,12,15-16,19,21,24-25,27,30-31,74H,4-6,8-9,11,13-14,17-18,20,22-23,26,28-29,32-73H2,1-3H3/b10-7-,15-12-,19-16-,24-21-,27-25-,31-30-. The van der Waals surface area contributed by atoms with Gasteiger partial charge in [-0.15, -0.1) is 0 Å². The number of esters is 3. The van der Waals surface area contributed by atoms with E-state index in [4.69, 9.17) is 14.2 Å². The van der Waals surface area contributed by atoms with Gasteiger partial charge in [0.15, 0.2) is 6.10 Å². The fourth-order valence-corrected chi connectivity index (χ4v) is 10.8. The van der Waals surface area contributed by atoms with Gasteiger partial charge in [0.1, 0.15) is 13.2 Å². The third-order valence-electron chi connectivity index (χ3n) is 16.2. The van der Waals surface area contributed by atoms with Crippen LogP contribution in [0.1, 0.15) is 380 Å². The van der Waals surface area contributed by atoms with Crippen LogP contribution in [0.25, 0.3) is 0 Å². The van der Waals surface area contributed by atoms with Crippen LogP contribution >= 0.6 is 0 Å². The molecule has 0 rings (SSSR count). The average Bonchev–Trinajstić information content (AvgIpc) is 3.49. The smallest absolute Gasteiger partial charge is 0.306 e. The molecule has 0 spiro atoms. The molecule has 0 saturated heterocycles. The largest absolute Gasteiger partial charge is 0.462 e. The maximum Gasteiger partial charge on any atom is 0.306 e. The summed E-state index contributed by atoms with van der Waals surface area (Å²) in [7, 11) is 0. The molecule has 0 aromatic heterocycles. The van der Waals surface area contributed by atoms with Gasteiger partial charge in [-0.25, -0.2) is 0 Å². The highest BCUT2D eigenvalue weighted by Gasteiger charge is 2.19. The number of ether oxygens (including phenoxy) is 3. The second-order valence-corrected chi connectivity index (χ2v) is 24.5. The van der Waals surface area contributed by atoms with E-state index in [0.717, 1.165) is 109 Å². The van der Waals surface area contributed by atoms with E-state index in [0.29, 0.717) is 19.3 Å². The Kier molecular flexibility index (Phi) is 68.6. The third kappa shape index (κ3) is 69.5. The van der Waals surface area contributed by atoms with Crippen LogP contribution in [0.2, 0.25) is 0 Å². The molecule has 0 aromatic carbocycles. The summed E-state index contributed by atoms with van der Waals surface area (Å²) < 4.78 is 17.0. The van der Waals surface area contributed by atoms with Crippen LogP contribution in [-0.2, 0) is 28.6 Å². The average molecular weight is 1160 g/mol. The van der Waals surface area contributed by atoms with E-state index in [-0.39, 0.29) is 31.1 Å². The van der Waals surface area contributed by atoms with Crippen molar-refractivity contribution >= 4 is 17.9 Å². The molecule has 1 atom stereocenters. The first-order valence-electron chi connectivity index (χ1n) is 36.4. The van der Waals surface area contributed by atoms with E-state index in [1.807, 2.05) is 0 Å². The lowest BCUT2D eigenvalue weighted by molar-refractivity contribution is -0.167. The fourth-order valence-electron chi connectivity index (χ4n) is 10.8. The Bertz CT molecular complexity index is 1520. The Morgan fingerprint density at radius 1 is 0.253 bits per heavy atom. The summed E-state index contributed by atoms with van der Waals surface area (Å²) >= 11 is 0. The van der Waals surface area contributed by atoms with E-state index in [1.165, 1.54) is 231 Å². The van der Waals surface area contributed by atoms with Crippen molar-refractivity contribution in [1.82, 2.24) is 0 Å². The number of hydrogen-bond donors (Lipinski definition) is 0. The Morgan fingerprint density at radius 2 is 0.494 bits per heavy atom. The monoisotopic (exact) mass is 1160 g/mol. The minimum Gasteiger partial charge on any atom is -0.462 e. The molecule has 0 saturated carbocycles. The molecular formula is C77H138O6. The number of rotatable bonds is 67. The molecule has 6 nitrogen and oxygen atoms in total. The zero-order valence-electron chi connectivity index (χ0n) is 55.5. The molecule has 0 bridgehead atoms. The summed E-state index contributed by atoms with van der Waals surface area (Å²) in [5.41, 5.74) is 0. The third-order valence-corrected chi connectivity index (χ3v) is 16.2. The normalized spacial score (nSPS) is 12.5. The highest BCUT2D eigenvalue weighted by Crippen LogP contribution is 2.19. The van der Waals surface area contributed by atoms with Gasteiger partial charge in [0.25, 0.3) is 0 Å². The zero-order chi connectivity index (χ0) is 59.9. The molecule has 0 amide bonds. The van der Waals surface area contributed by atoms with E-state index in [1.54, 1.807) is 0 Å². The molecule has 0 N–H and O–H groups in total. The van der Waals surface area contributed by atoms with E-state index >= 15 is 0 Å². The molecule has 6 heteroatoms. The van der Waals surface area contributed by atoms with Gasteiger partial charge in [0, 0.05) is 19.3 Å². The number of carbonyl (C=O) groups excluding carboxylic acids is 3. The van der Waals surface area contributed by atoms with Gasteiger partial charge in [-0.2, -0.15) is 0 Å². The first-order valence-corrected chi connectivity index (χ1v) is 36.4. The van der Waals surface area contributed by atoms with Crippen LogP contribution in [0.5, 0.6) is 0 Å². The van der Waals surface area contributed by atoms with E-state index in [9.17, 15) is 14.4 Å². The van der Waals surface area contributed by atoms with Gasteiger partial charge in [0.2, 0.25) is 0 Å². The van der Waals surface area contributed by atoms with Crippen LogP contribution < -0.4 is 0 Å². The molecule has 0 aliphatic heterocycles. The minimum atomic E-state index is -0.777. The maximum atomic E-state index is 12.9. The van der Waals surface area contributed by atoms with Gasteiger partial charge in [-0.1, -0.05) is 351 Å². The summed E-state index contributed by atoms with van der Waals surface area (Å²) in [5.74, 6) is -0.863. The molecule has 1 unspecified atom stereocenters. The number of unbranched alkanes of at least 4 members (excludes halogenated alkanes) is 44. The topological polar surface area (TPSA) is 78.9 Å². The molecule has 482 valence electrons. The highest BCUT2D eigenvalue weighted by atomic mass is 16.6. The predicted octanol–water partition coefficient (Wildman–Crippen LogP) is 25.2. The number of allylic oxidation sites excluding steroid dienone is 12.